The predicted molar refractivity (Wildman–Crippen MR) is 38.3 cm³/mol. The molecule has 3 heteroatoms. The van der Waals surface area contributed by atoms with E-state index >= 15 is 0 Å². The van der Waals surface area contributed by atoms with Gasteiger partial charge in [0.15, 0.2) is 0 Å². The van der Waals surface area contributed by atoms with Crippen LogP contribution in [0.5, 0.6) is 0 Å². The number of nitrogens with zero attached hydrogens (tertiary/aromatic N) is 1. The van der Waals surface area contributed by atoms with Crippen LogP contribution in [0.3, 0.4) is 0 Å². The van der Waals surface area contributed by atoms with E-state index in [1.165, 1.54) is 12.2 Å². The second-order valence-electron chi connectivity index (χ2n) is 1.17. The minimum Gasteiger partial charge on any atom is -0.478 e. The Morgan fingerprint density at radius 2 is 2.20 bits per heavy atom. The van der Waals surface area contributed by atoms with Gasteiger partial charge in [-0.25, -0.2) is 4.79 Å². The van der Waals surface area contributed by atoms with E-state index in [2.05, 4.69) is 6.58 Å². The Bertz CT molecular complexity index is 165. The van der Waals surface area contributed by atoms with Crippen LogP contribution < -0.4 is 0 Å². The van der Waals surface area contributed by atoms with Crippen LogP contribution >= 0.6 is 0 Å². The summed E-state index contributed by atoms with van der Waals surface area (Å²) in [5, 5.41) is 15.3. The summed E-state index contributed by atoms with van der Waals surface area (Å²) < 4.78 is 0. The minimum absolute atomic E-state index is 0.891. The van der Waals surface area contributed by atoms with Crippen LogP contribution in [-0.4, -0.2) is 11.1 Å². The number of nitriles is 1. The molecule has 54 valence electrons. The highest BCUT2D eigenvalue weighted by Gasteiger charge is 1.76. The number of rotatable bonds is 1. The van der Waals surface area contributed by atoms with Gasteiger partial charge >= 0.3 is 5.97 Å². The van der Waals surface area contributed by atoms with Crippen molar-refractivity contribution in [3.05, 3.63) is 24.8 Å². The largest absolute Gasteiger partial charge is 0.478 e. The van der Waals surface area contributed by atoms with Crippen molar-refractivity contribution in [2.75, 3.05) is 0 Å². The lowest BCUT2D eigenvalue weighted by Crippen LogP contribution is -1.83. The third-order valence-electron chi connectivity index (χ3n) is 0.401. The molecule has 3 nitrogen and oxygen atoms in total. The molecule has 0 heterocycles. The number of carboxylic acids is 1. The van der Waals surface area contributed by atoms with Crippen LogP contribution in [0.25, 0.3) is 0 Å². The summed E-state index contributed by atoms with van der Waals surface area (Å²) in [4.78, 5) is 9.51. The van der Waals surface area contributed by atoms with E-state index in [1.54, 1.807) is 13.0 Å². The number of aliphatic carboxylic acids is 1. The van der Waals surface area contributed by atoms with E-state index in [4.69, 9.17) is 10.4 Å². The van der Waals surface area contributed by atoms with Gasteiger partial charge in [0.1, 0.15) is 0 Å². The Morgan fingerprint density at radius 3 is 2.20 bits per heavy atom. The van der Waals surface area contributed by atoms with E-state index in [-0.39, 0.29) is 0 Å². The fourth-order valence-electron chi connectivity index (χ4n) is 0.143. The third kappa shape index (κ3) is 32.0. The lowest BCUT2D eigenvalue weighted by atomic mass is 10.5. The summed E-state index contributed by atoms with van der Waals surface area (Å²) in [6, 6.07) is 1.69. The lowest BCUT2D eigenvalue weighted by Gasteiger charge is -1.68. The van der Waals surface area contributed by atoms with E-state index < -0.39 is 5.97 Å². The molecule has 1 N–H and O–H groups in total. The molecule has 0 aliphatic rings. The molecule has 0 rings (SSSR count). The first-order valence-electron chi connectivity index (χ1n) is 2.55. The molecule has 0 unspecified atom stereocenters. The van der Waals surface area contributed by atoms with Crippen molar-refractivity contribution in [2.24, 2.45) is 0 Å². The fourth-order valence-corrected chi connectivity index (χ4v) is 0.143. The molecule has 0 aromatic rings. The van der Waals surface area contributed by atoms with Gasteiger partial charge in [-0.3, -0.25) is 0 Å². The zero-order valence-corrected chi connectivity index (χ0v) is 5.74. The maximum absolute atomic E-state index is 9.51. The van der Waals surface area contributed by atoms with E-state index in [9.17, 15) is 4.79 Å². The number of allylic oxidation sites excluding steroid dienone is 2. The highest BCUT2D eigenvalue weighted by molar-refractivity contribution is 5.79. The van der Waals surface area contributed by atoms with Gasteiger partial charge in [0.05, 0.1) is 6.07 Å². The van der Waals surface area contributed by atoms with Gasteiger partial charge in [-0.15, -0.1) is 0 Å². The van der Waals surface area contributed by atoms with Crippen molar-refractivity contribution in [1.82, 2.24) is 0 Å². The highest BCUT2D eigenvalue weighted by Crippen LogP contribution is 1.65. The number of hydrogen-bond acceptors (Lipinski definition) is 2. The van der Waals surface area contributed by atoms with E-state index in [0.29, 0.717) is 0 Å². The molecular weight excluding hydrogens is 130 g/mol. The van der Waals surface area contributed by atoms with Gasteiger partial charge in [0.2, 0.25) is 0 Å². The van der Waals surface area contributed by atoms with Crippen LogP contribution in [-0.2, 0) is 4.79 Å². The second-order valence-corrected chi connectivity index (χ2v) is 1.17. The molecule has 0 aromatic heterocycles. The monoisotopic (exact) mass is 139 g/mol. The Morgan fingerprint density at radius 1 is 1.80 bits per heavy atom. The Kier molecular flexibility index (Phi) is 11.7. The van der Waals surface area contributed by atoms with Crippen LogP contribution in [0.4, 0.5) is 0 Å². The maximum Gasteiger partial charge on any atom is 0.327 e. The first kappa shape index (κ1) is 11.3. The topological polar surface area (TPSA) is 61.1 Å². The molecule has 0 aliphatic heterocycles. The van der Waals surface area contributed by atoms with Gasteiger partial charge in [0, 0.05) is 12.2 Å². The smallest absolute Gasteiger partial charge is 0.327 e. The van der Waals surface area contributed by atoms with Crippen molar-refractivity contribution >= 4 is 5.97 Å². The molecule has 0 saturated heterocycles. The number of carboxylic acid groups (broad SMARTS) is 1. The quantitative estimate of drug-likeness (QED) is 0.440. The van der Waals surface area contributed by atoms with Crippen molar-refractivity contribution in [3.8, 4) is 6.07 Å². The molecule has 0 saturated carbocycles. The van der Waals surface area contributed by atoms with Crippen molar-refractivity contribution < 1.29 is 9.90 Å². The maximum atomic E-state index is 9.51. The van der Waals surface area contributed by atoms with E-state index in [1.807, 2.05) is 0 Å². The summed E-state index contributed by atoms with van der Waals surface area (Å²) in [7, 11) is 0. The van der Waals surface area contributed by atoms with Crippen molar-refractivity contribution in [2.45, 2.75) is 6.92 Å². The zero-order valence-electron chi connectivity index (χ0n) is 5.74. The average Bonchev–Trinajstić information content (AvgIpc) is 1.89. The van der Waals surface area contributed by atoms with E-state index in [0.717, 1.165) is 6.08 Å². The summed E-state index contributed by atoms with van der Waals surface area (Å²) in [5.41, 5.74) is 0. The lowest BCUT2D eigenvalue weighted by molar-refractivity contribution is -0.131. The Hall–Kier alpha value is -1.56. The Balaban J connectivity index is 0. The van der Waals surface area contributed by atoms with Crippen LogP contribution in [0.1, 0.15) is 6.92 Å². The minimum atomic E-state index is -0.891. The molecule has 0 radical (unpaired) electrons. The standard InChI is InChI=1S/C4H6O2.C3H3N/c1-2-3-4(5)6;1-2-3-4/h2-3H,1H3,(H,5,6);2H,1H2/b3-2+;. The molecular formula is C7H9NO2. The van der Waals surface area contributed by atoms with Gasteiger partial charge in [-0.1, -0.05) is 12.7 Å². The number of hydrogen-bond donors (Lipinski definition) is 1. The third-order valence-corrected chi connectivity index (χ3v) is 0.401. The van der Waals surface area contributed by atoms with Crippen molar-refractivity contribution in [3.63, 3.8) is 0 Å². The molecule has 0 fully saturated rings. The normalized spacial score (nSPS) is 7.20. The average molecular weight is 139 g/mol. The summed E-state index contributed by atoms with van der Waals surface area (Å²) in [5.74, 6) is -0.891. The predicted octanol–water partition coefficient (Wildman–Crippen LogP) is 1.34. The molecule has 0 aromatic carbocycles. The SMILES string of the molecule is C/C=C/C(=O)O.C=CC#N. The highest BCUT2D eigenvalue weighted by atomic mass is 16.4. The van der Waals surface area contributed by atoms with Crippen LogP contribution in [0.15, 0.2) is 24.8 Å². The first-order chi connectivity index (χ1) is 4.68. The zero-order chi connectivity index (χ0) is 8.41. The molecule has 0 amide bonds. The molecule has 0 aliphatic carbocycles. The van der Waals surface area contributed by atoms with Gasteiger partial charge in [-0.05, 0) is 6.92 Å². The van der Waals surface area contributed by atoms with Gasteiger partial charge < -0.3 is 5.11 Å². The molecule has 0 spiro atoms. The number of carbonyl (C=O) groups is 1. The van der Waals surface area contributed by atoms with Crippen molar-refractivity contribution in [1.29, 1.82) is 5.26 Å². The molecule has 0 bridgehead atoms. The summed E-state index contributed by atoms with van der Waals surface area (Å²) >= 11 is 0. The van der Waals surface area contributed by atoms with Gasteiger partial charge in [0.25, 0.3) is 0 Å². The Labute approximate surface area is 59.9 Å². The molecule has 0 atom stereocenters. The van der Waals surface area contributed by atoms with Gasteiger partial charge in [-0.2, -0.15) is 5.26 Å². The molecule has 10 heavy (non-hydrogen) atoms. The van der Waals surface area contributed by atoms with Crippen LogP contribution in [0.2, 0.25) is 0 Å². The first-order valence-corrected chi connectivity index (χ1v) is 2.55. The fraction of sp³-hybridized carbons (Fsp3) is 0.143. The summed E-state index contributed by atoms with van der Waals surface area (Å²) in [6.45, 7) is 4.78. The van der Waals surface area contributed by atoms with Crippen LogP contribution in [0, 0.1) is 11.3 Å². The summed E-state index contributed by atoms with van der Waals surface area (Å²) in [6.07, 6.45) is 3.74. The second kappa shape index (κ2) is 10.4.